The predicted octanol–water partition coefficient (Wildman–Crippen LogP) is 1.79. The number of carbonyl (C=O) groups is 1. The van der Waals surface area contributed by atoms with Gasteiger partial charge >= 0.3 is 5.97 Å². The Hall–Kier alpha value is -1.55. The van der Waals surface area contributed by atoms with Gasteiger partial charge in [0, 0.05) is 31.1 Å². The van der Waals surface area contributed by atoms with Crippen molar-refractivity contribution in [3.05, 3.63) is 28.8 Å². The monoisotopic (exact) mass is 287 g/mol. The lowest BCUT2D eigenvalue weighted by Gasteiger charge is -2.19. The lowest BCUT2D eigenvalue weighted by atomic mass is 10.0. The first-order valence-electron chi connectivity index (χ1n) is 7.82. The summed E-state index contributed by atoms with van der Waals surface area (Å²) in [6.45, 7) is 3.25. The van der Waals surface area contributed by atoms with E-state index >= 15 is 0 Å². The van der Waals surface area contributed by atoms with Gasteiger partial charge in [0.2, 0.25) is 0 Å². The maximum Gasteiger partial charge on any atom is 0.310 e. The molecule has 4 heteroatoms. The van der Waals surface area contributed by atoms with Crippen LogP contribution >= 0.6 is 0 Å². The number of hydrogen-bond donors (Lipinski definition) is 0. The summed E-state index contributed by atoms with van der Waals surface area (Å²) >= 11 is 0. The minimum atomic E-state index is -0.0107. The molecule has 1 aromatic rings. The molecule has 21 heavy (non-hydrogen) atoms. The average molecular weight is 287 g/mol. The lowest BCUT2D eigenvalue weighted by Crippen LogP contribution is -2.24. The van der Waals surface area contributed by atoms with Crippen molar-refractivity contribution >= 4 is 5.97 Å². The molecular formula is C17H21NO3. The van der Waals surface area contributed by atoms with Crippen LogP contribution in [0, 0.1) is 11.8 Å². The second-order valence-electron chi connectivity index (χ2n) is 6.48. The summed E-state index contributed by atoms with van der Waals surface area (Å²) < 4.78 is 10.7. The van der Waals surface area contributed by atoms with Crippen molar-refractivity contribution in [2.45, 2.75) is 25.8 Å². The fourth-order valence-corrected chi connectivity index (χ4v) is 4.03. The van der Waals surface area contributed by atoms with Crippen LogP contribution in [0.3, 0.4) is 0 Å². The maximum absolute atomic E-state index is 11.7. The molecule has 2 saturated heterocycles. The van der Waals surface area contributed by atoms with E-state index in [1.165, 1.54) is 36.0 Å². The quantitative estimate of drug-likeness (QED) is 0.795. The third-order valence-electron chi connectivity index (χ3n) is 5.15. The Labute approximate surface area is 125 Å². The van der Waals surface area contributed by atoms with Crippen LogP contribution in [0.15, 0.2) is 12.1 Å². The summed E-state index contributed by atoms with van der Waals surface area (Å²) in [6, 6.07) is 4.52. The van der Waals surface area contributed by atoms with Crippen LogP contribution in [0.1, 0.15) is 23.1 Å². The van der Waals surface area contributed by atoms with Gasteiger partial charge in [0.25, 0.3) is 0 Å². The number of likely N-dealkylation sites (tertiary alicyclic amines) is 1. The van der Waals surface area contributed by atoms with Gasteiger partial charge in [0.15, 0.2) is 0 Å². The molecule has 0 unspecified atom stereocenters. The Bertz CT molecular complexity index is 584. The summed E-state index contributed by atoms with van der Waals surface area (Å²) in [7, 11) is 1.75. The van der Waals surface area contributed by atoms with Crippen molar-refractivity contribution < 1.29 is 14.3 Å². The molecule has 2 heterocycles. The molecule has 1 aliphatic carbocycles. The number of cyclic esters (lactones) is 1. The maximum atomic E-state index is 11.7. The van der Waals surface area contributed by atoms with Crippen molar-refractivity contribution in [3.63, 3.8) is 0 Å². The summed E-state index contributed by atoms with van der Waals surface area (Å²) in [5, 5.41) is 0. The SMILES string of the molecule is COc1cc2c(cc1CN1C[C@@H]3COC(=O)[C@@H]3C1)CCC2. The van der Waals surface area contributed by atoms with E-state index in [-0.39, 0.29) is 11.9 Å². The zero-order valence-electron chi connectivity index (χ0n) is 12.4. The second-order valence-corrected chi connectivity index (χ2v) is 6.48. The topological polar surface area (TPSA) is 38.8 Å². The van der Waals surface area contributed by atoms with Gasteiger partial charge in [-0.2, -0.15) is 0 Å². The number of esters is 1. The zero-order valence-corrected chi connectivity index (χ0v) is 12.4. The van der Waals surface area contributed by atoms with E-state index in [0.29, 0.717) is 12.5 Å². The Morgan fingerprint density at radius 1 is 1.29 bits per heavy atom. The Morgan fingerprint density at radius 2 is 2.10 bits per heavy atom. The molecule has 0 aromatic heterocycles. The molecule has 0 spiro atoms. The highest BCUT2D eigenvalue weighted by Gasteiger charge is 2.43. The van der Waals surface area contributed by atoms with Gasteiger partial charge in [-0.1, -0.05) is 6.07 Å². The summed E-state index contributed by atoms with van der Waals surface area (Å²) in [6.07, 6.45) is 3.61. The number of aryl methyl sites for hydroxylation is 2. The largest absolute Gasteiger partial charge is 0.496 e. The third kappa shape index (κ3) is 2.22. The normalized spacial score (nSPS) is 27.6. The number of benzene rings is 1. The average Bonchev–Trinajstić information content (AvgIpc) is 3.16. The second kappa shape index (κ2) is 5.02. The van der Waals surface area contributed by atoms with Gasteiger partial charge in [0.05, 0.1) is 19.6 Å². The fraction of sp³-hybridized carbons (Fsp3) is 0.588. The first kappa shape index (κ1) is 13.1. The molecule has 2 atom stereocenters. The van der Waals surface area contributed by atoms with Gasteiger partial charge in [-0.3, -0.25) is 9.69 Å². The number of rotatable bonds is 3. The predicted molar refractivity (Wildman–Crippen MR) is 78.2 cm³/mol. The van der Waals surface area contributed by atoms with Gasteiger partial charge < -0.3 is 9.47 Å². The minimum Gasteiger partial charge on any atom is -0.496 e. The van der Waals surface area contributed by atoms with Crippen molar-refractivity contribution in [1.82, 2.24) is 4.90 Å². The van der Waals surface area contributed by atoms with Crippen LogP contribution in [0.2, 0.25) is 0 Å². The van der Waals surface area contributed by atoms with E-state index in [2.05, 4.69) is 17.0 Å². The lowest BCUT2D eigenvalue weighted by molar-refractivity contribution is -0.141. The molecule has 4 rings (SSSR count). The Kier molecular flexibility index (Phi) is 3.14. The first-order valence-corrected chi connectivity index (χ1v) is 7.82. The van der Waals surface area contributed by atoms with Crippen LogP contribution in [0.4, 0.5) is 0 Å². The molecule has 0 radical (unpaired) electrons. The highest BCUT2D eigenvalue weighted by atomic mass is 16.5. The van der Waals surface area contributed by atoms with Crippen LogP contribution in [-0.4, -0.2) is 37.7 Å². The highest BCUT2D eigenvalue weighted by molar-refractivity contribution is 5.75. The minimum absolute atomic E-state index is 0.0107. The molecule has 0 bridgehead atoms. The fourth-order valence-electron chi connectivity index (χ4n) is 4.03. The number of carbonyl (C=O) groups excluding carboxylic acids is 1. The standard InChI is InChI=1S/C17H21NO3/c1-20-16-6-12-4-2-3-11(12)5-13(16)7-18-8-14-10-21-17(19)15(14)9-18/h5-6,14-15H,2-4,7-10H2,1H3/t14-,15-/m1/s1. The molecule has 0 saturated carbocycles. The molecule has 2 aliphatic heterocycles. The highest BCUT2D eigenvalue weighted by Crippen LogP contribution is 2.34. The van der Waals surface area contributed by atoms with Gasteiger partial charge in [-0.25, -0.2) is 0 Å². The first-order chi connectivity index (χ1) is 10.2. The van der Waals surface area contributed by atoms with Gasteiger partial charge in [0.1, 0.15) is 5.75 Å². The van der Waals surface area contributed by atoms with E-state index in [0.717, 1.165) is 25.4 Å². The van der Waals surface area contributed by atoms with E-state index in [9.17, 15) is 4.79 Å². The van der Waals surface area contributed by atoms with Crippen LogP contribution in [0.25, 0.3) is 0 Å². The molecular weight excluding hydrogens is 266 g/mol. The van der Waals surface area contributed by atoms with E-state index in [4.69, 9.17) is 9.47 Å². The molecule has 1 aromatic carbocycles. The number of methoxy groups -OCH3 is 1. The van der Waals surface area contributed by atoms with Crippen LogP contribution in [0.5, 0.6) is 5.75 Å². The summed E-state index contributed by atoms with van der Waals surface area (Å²) in [4.78, 5) is 14.0. The number of ether oxygens (including phenoxy) is 2. The molecule has 0 N–H and O–H groups in total. The van der Waals surface area contributed by atoms with Crippen molar-refractivity contribution in [3.8, 4) is 5.75 Å². The van der Waals surface area contributed by atoms with E-state index in [1.807, 2.05) is 0 Å². The van der Waals surface area contributed by atoms with Crippen molar-refractivity contribution in [2.24, 2.45) is 11.8 Å². The summed E-state index contributed by atoms with van der Waals surface area (Å²) in [5.74, 6) is 1.46. The molecule has 0 amide bonds. The van der Waals surface area contributed by atoms with Crippen LogP contribution < -0.4 is 4.74 Å². The van der Waals surface area contributed by atoms with Crippen LogP contribution in [-0.2, 0) is 28.9 Å². The molecule has 4 nitrogen and oxygen atoms in total. The zero-order chi connectivity index (χ0) is 14.4. The van der Waals surface area contributed by atoms with Crippen molar-refractivity contribution in [2.75, 3.05) is 26.8 Å². The van der Waals surface area contributed by atoms with Crippen molar-refractivity contribution in [1.29, 1.82) is 0 Å². The van der Waals surface area contributed by atoms with E-state index < -0.39 is 0 Å². The number of nitrogens with zero attached hydrogens (tertiary/aromatic N) is 1. The number of hydrogen-bond acceptors (Lipinski definition) is 4. The smallest absolute Gasteiger partial charge is 0.310 e. The molecule has 2 fully saturated rings. The Balaban J connectivity index is 1.54. The molecule has 112 valence electrons. The molecule has 3 aliphatic rings. The van der Waals surface area contributed by atoms with Gasteiger partial charge in [-0.15, -0.1) is 0 Å². The third-order valence-corrected chi connectivity index (χ3v) is 5.15. The summed E-state index contributed by atoms with van der Waals surface area (Å²) in [5.41, 5.74) is 4.17. The Morgan fingerprint density at radius 3 is 2.86 bits per heavy atom. The number of fused-ring (bicyclic) bond motifs is 2. The van der Waals surface area contributed by atoms with Gasteiger partial charge in [-0.05, 0) is 36.5 Å². The van der Waals surface area contributed by atoms with E-state index in [1.54, 1.807) is 7.11 Å².